The van der Waals surface area contributed by atoms with Crippen LogP contribution < -0.4 is 4.90 Å². The third kappa shape index (κ3) is 2.18. The fourth-order valence-corrected chi connectivity index (χ4v) is 2.40. The molecule has 16 heavy (non-hydrogen) atoms. The van der Waals surface area contributed by atoms with Crippen LogP contribution >= 0.6 is 24.2 Å². The predicted molar refractivity (Wildman–Crippen MR) is 68.3 cm³/mol. The minimum atomic E-state index is 0.103. The van der Waals surface area contributed by atoms with Gasteiger partial charge in [-0.25, -0.2) is 4.98 Å². The predicted octanol–water partition coefficient (Wildman–Crippen LogP) is 2.33. The molecule has 1 aromatic rings. The van der Waals surface area contributed by atoms with E-state index in [4.69, 9.17) is 11.6 Å². The Morgan fingerprint density at radius 3 is 2.94 bits per heavy atom. The third-order valence-electron chi connectivity index (χ3n) is 2.72. The normalized spacial score (nSPS) is 20.6. The quantitative estimate of drug-likeness (QED) is 0.651. The van der Waals surface area contributed by atoms with Crippen LogP contribution in [0.2, 0.25) is 5.15 Å². The summed E-state index contributed by atoms with van der Waals surface area (Å²) in [6.45, 7) is 2.56. The zero-order valence-electron chi connectivity index (χ0n) is 8.98. The molecule has 1 atom stereocenters. The molecule has 86 valence electrons. The number of pyridine rings is 1. The maximum absolute atomic E-state index is 11.8. The van der Waals surface area contributed by atoms with E-state index in [2.05, 4.69) is 17.6 Å². The molecule has 3 nitrogen and oxygen atoms in total. The number of nitrogens with zero attached hydrogens (tertiary/aromatic N) is 2. The van der Waals surface area contributed by atoms with E-state index in [-0.39, 0.29) is 5.91 Å². The second-order valence-corrected chi connectivity index (χ2v) is 4.74. The van der Waals surface area contributed by atoms with E-state index in [1.54, 1.807) is 4.90 Å². The number of amides is 1. The van der Waals surface area contributed by atoms with Gasteiger partial charge >= 0.3 is 0 Å². The summed E-state index contributed by atoms with van der Waals surface area (Å²) < 4.78 is 0. The number of carbonyl (C=O) groups is 1. The highest BCUT2D eigenvalue weighted by molar-refractivity contribution is 7.80. The number of thiol groups is 1. The molecule has 0 bridgehead atoms. The van der Waals surface area contributed by atoms with E-state index < -0.39 is 0 Å². The van der Waals surface area contributed by atoms with Gasteiger partial charge in [0.15, 0.2) is 5.15 Å². The summed E-state index contributed by atoms with van der Waals surface area (Å²) in [5.74, 6) is 1.14. The van der Waals surface area contributed by atoms with Gasteiger partial charge in [-0.1, -0.05) is 11.6 Å². The van der Waals surface area contributed by atoms with Crippen molar-refractivity contribution >= 4 is 35.8 Å². The lowest BCUT2D eigenvalue weighted by Crippen LogP contribution is -2.25. The number of hydrogen-bond donors (Lipinski definition) is 1. The molecule has 1 unspecified atom stereocenters. The Kier molecular flexibility index (Phi) is 3.40. The summed E-state index contributed by atoms with van der Waals surface area (Å²) in [5.41, 5.74) is 1.56. The first-order valence-corrected chi connectivity index (χ1v) is 6.17. The van der Waals surface area contributed by atoms with E-state index >= 15 is 0 Å². The first-order valence-electron chi connectivity index (χ1n) is 5.16. The zero-order valence-corrected chi connectivity index (χ0v) is 10.6. The molecule has 2 rings (SSSR count). The Hall–Kier alpha value is -0.740. The third-order valence-corrected chi connectivity index (χ3v) is 3.52. The maximum Gasteiger partial charge on any atom is 0.227 e. The van der Waals surface area contributed by atoms with Gasteiger partial charge in [-0.05, 0) is 30.7 Å². The molecule has 2 heterocycles. The van der Waals surface area contributed by atoms with Crippen molar-refractivity contribution in [3.63, 3.8) is 0 Å². The van der Waals surface area contributed by atoms with Gasteiger partial charge in [-0.3, -0.25) is 4.79 Å². The van der Waals surface area contributed by atoms with Gasteiger partial charge in [0, 0.05) is 18.7 Å². The van der Waals surface area contributed by atoms with Gasteiger partial charge in [0.05, 0.1) is 5.69 Å². The van der Waals surface area contributed by atoms with Crippen molar-refractivity contribution < 1.29 is 4.79 Å². The molecule has 1 fully saturated rings. The Morgan fingerprint density at radius 2 is 2.38 bits per heavy atom. The molecule has 0 saturated carbocycles. The number of aromatic nitrogens is 1. The lowest BCUT2D eigenvalue weighted by molar-refractivity contribution is -0.117. The number of hydrogen-bond acceptors (Lipinski definition) is 3. The number of carbonyl (C=O) groups excluding carboxylic acids is 1. The van der Waals surface area contributed by atoms with Crippen LogP contribution in [0.4, 0.5) is 5.69 Å². The summed E-state index contributed by atoms with van der Waals surface area (Å²) in [6, 6.07) is 3.71. The average Bonchev–Trinajstić information content (AvgIpc) is 2.60. The Balaban J connectivity index is 2.28. The second kappa shape index (κ2) is 4.63. The molecule has 0 N–H and O–H groups in total. The van der Waals surface area contributed by atoms with Crippen LogP contribution in [-0.4, -0.2) is 23.2 Å². The van der Waals surface area contributed by atoms with Crippen molar-refractivity contribution in [2.24, 2.45) is 5.92 Å². The van der Waals surface area contributed by atoms with Gasteiger partial charge in [0.25, 0.3) is 0 Å². The summed E-state index contributed by atoms with van der Waals surface area (Å²) in [5, 5.41) is 0.396. The van der Waals surface area contributed by atoms with Crippen molar-refractivity contribution in [1.29, 1.82) is 0 Å². The average molecular weight is 257 g/mol. The molecule has 1 amide bonds. The van der Waals surface area contributed by atoms with E-state index in [9.17, 15) is 4.79 Å². The summed E-state index contributed by atoms with van der Waals surface area (Å²) in [4.78, 5) is 17.6. The highest BCUT2D eigenvalue weighted by atomic mass is 35.5. The highest BCUT2D eigenvalue weighted by Crippen LogP contribution is 2.30. The first-order chi connectivity index (χ1) is 7.61. The number of halogens is 1. The molecule has 1 aliphatic rings. The molecule has 0 spiro atoms. The van der Waals surface area contributed by atoms with Crippen molar-refractivity contribution in [3.8, 4) is 0 Å². The van der Waals surface area contributed by atoms with Gasteiger partial charge in [-0.15, -0.1) is 0 Å². The van der Waals surface area contributed by atoms with Crippen molar-refractivity contribution in [2.45, 2.75) is 13.3 Å². The summed E-state index contributed by atoms with van der Waals surface area (Å²) >= 11 is 10.3. The summed E-state index contributed by atoms with van der Waals surface area (Å²) in [6.07, 6.45) is 0.549. The molecule has 0 radical (unpaired) electrons. The van der Waals surface area contributed by atoms with E-state index in [0.717, 1.165) is 11.4 Å². The molecule has 0 aromatic carbocycles. The lowest BCUT2D eigenvalue weighted by atomic mass is 10.1. The van der Waals surface area contributed by atoms with Gasteiger partial charge in [0.2, 0.25) is 5.91 Å². The Labute approximate surface area is 105 Å². The SMILES string of the molecule is Cc1ccc(N2CC(CS)CC2=O)c(Cl)n1. The maximum atomic E-state index is 11.8. The van der Waals surface area contributed by atoms with Crippen LogP contribution in [0.3, 0.4) is 0 Å². The van der Waals surface area contributed by atoms with Crippen molar-refractivity contribution in [3.05, 3.63) is 23.0 Å². The molecule has 1 aliphatic heterocycles. The standard InChI is InChI=1S/C11H13ClN2OS/c1-7-2-3-9(11(12)13-7)14-5-8(6-16)4-10(14)15/h2-3,8,16H,4-6H2,1H3. The fraction of sp³-hybridized carbons (Fsp3) is 0.455. The fourth-order valence-electron chi connectivity index (χ4n) is 1.86. The minimum Gasteiger partial charge on any atom is -0.309 e. The Bertz CT molecular complexity index is 424. The minimum absolute atomic E-state index is 0.103. The molecule has 1 aromatic heterocycles. The smallest absolute Gasteiger partial charge is 0.227 e. The van der Waals surface area contributed by atoms with Gasteiger partial charge in [0.1, 0.15) is 0 Å². The van der Waals surface area contributed by atoms with Crippen LogP contribution in [0, 0.1) is 12.8 Å². The largest absolute Gasteiger partial charge is 0.309 e. The van der Waals surface area contributed by atoms with E-state index in [1.165, 1.54) is 0 Å². The van der Waals surface area contributed by atoms with Gasteiger partial charge in [-0.2, -0.15) is 12.6 Å². The van der Waals surface area contributed by atoms with Crippen LogP contribution in [-0.2, 0) is 4.79 Å². The van der Waals surface area contributed by atoms with Crippen LogP contribution in [0.1, 0.15) is 12.1 Å². The van der Waals surface area contributed by atoms with Crippen LogP contribution in [0.25, 0.3) is 0 Å². The second-order valence-electron chi connectivity index (χ2n) is 4.02. The van der Waals surface area contributed by atoms with E-state index in [1.807, 2.05) is 19.1 Å². The van der Waals surface area contributed by atoms with Crippen LogP contribution in [0.5, 0.6) is 0 Å². The first kappa shape index (κ1) is 11.7. The monoisotopic (exact) mass is 256 g/mol. The lowest BCUT2D eigenvalue weighted by Gasteiger charge is -2.17. The topological polar surface area (TPSA) is 33.2 Å². The Morgan fingerprint density at radius 1 is 1.62 bits per heavy atom. The van der Waals surface area contributed by atoms with Crippen molar-refractivity contribution in [1.82, 2.24) is 4.98 Å². The zero-order chi connectivity index (χ0) is 11.7. The summed E-state index contributed by atoms with van der Waals surface area (Å²) in [7, 11) is 0. The number of rotatable bonds is 2. The van der Waals surface area contributed by atoms with Crippen molar-refractivity contribution in [2.75, 3.05) is 17.2 Å². The van der Waals surface area contributed by atoms with E-state index in [0.29, 0.717) is 29.7 Å². The molecular weight excluding hydrogens is 244 g/mol. The number of anilines is 1. The molecule has 0 aliphatic carbocycles. The number of aryl methyl sites for hydroxylation is 1. The molecular formula is C11H13ClN2OS. The van der Waals surface area contributed by atoms with Crippen LogP contribution in [0.15, 0.2) is 12.1 Å². The molecule has 1 saturated heterocycles. The van der Waals surface area contributed by atoms with Gasteiger partial charge < -0.3 is 4.90 Å². The molecule has 5 heteroatoms. The highest BCUT2D eigenvalue weighted by Gasteiger charge is 2.30.